The minimum absolute atomic E-state index is 0.526. The van der Waals surface area contributed by atoms with Crippen molar-refractivity contribution < 1.29 is 0 Å². The molecule has 4 aliphatic rings. The van der Waals surface area contributed by atoms with Gasteiger partial charge in [0.05, 0.1) is 0 Å². The molecule has 0 aromatic carbocycles. The van der Waals surface area contributed by atoms with Crippen molar-refractivity contribution in [3.05, 3.63) is 0 Å². The van der Waals surface area contributed by atoms with E-state index >= 15 is 0 Å². The molecule has 33 heavy (non-hydrogen) atoms. The van der Waals surface area contributed by atoms with Gasteiger partial charge in [-0.15, -0.1) is 0 Å². The Kier molecular flexibility index (Phi) is 8.65. The fourth-order valence-electron chi connectivity index (χ4n) is 9.31. The molecule has 0 aromatic rings. The Balaban J connectivity index is 1.31. The Morgan fingerprint density at radius 1 is 0.515 bits per heavy atom. The first-order valence-electron chi connectivity index (χ1n) is 15.6. The average Bonchev–Trinajstić information content (AvgIpc) is 3.42. The Hall–Kier alpha value is 0. The highest BCUT2D eigenvalue weighted by atomic mass is 14.5. The minimum atomic E-state index is 0.526. The fourth-order valence-corrected chi connectivity index (χ4v) is 9.31. The van der Waals surface area contributed by atoms with Gasteiger partial charge in [-0.05, 0) is 122 Å². The molecule has 0 N–H and O–H groups in total. The van der Waals surface area contributed by atoms with Crippen LogP contribution in [0.25, 0.3) is 0 Å². The summed E-state index contributed by atoms with van der Waals surface area (Å²) in [5.74, 6) is 8.43. The van der Waals surface area contributed by atoms with E-state index in [4.69, 9.17) is 0 Å². The summed E-state index contributed by atoms with van der Waals surface area (Å²) in [7, 11) is 0. The van der Waals surface area contributed by atoms with Gasteiger partial charge in [-0.1, -0.05) is 86.5 Å². The second-order valence-electron chi connectivity index (χ2n) is 15.7. The zero-order chi connectivity index (χ0) is 23.6. The Labute approximate surface area is 208 Å². The van der Waals surface area contributed by atoms with Crippen molar-refractivity contribution in [2.45, 2.75) is 151 Å². The van der Waals surface area contributed by atoms with E-state index in [0.717, 1.165) is 47.3 Å². The molecule has 0 nitrogen and oxygen atoms in total. The van der Waals surface area contributed by atoms with Crippen molar-refractivity contribution >= 4 is 0 Å². The molecule has 0 aromatic heterocycles. The first kappa shape index (κ1) is 26.1. The third kappa shape index (κ3) is 6.82. The molecule has 0 heteroatoms. The molecule has 0 saturated heterocycles. The number of hydrogen-bond donors (Lipinski definition) is 0. The van der Waals surface area contributed by atoms with Crippen molar-refractivity contribution in [3.63, 3.8) is 0 Å². The third-order valence-corrected chi connectivity index (χ3v) is 11.7. The van der Waals surface area contributed by atoms with Gasteiger partial charge < -0.3 is 0 Å². The van der Waals surface area contributed by atoms with Crippen LogP contribution in [0.3, 0.4) is 0 Å². The molecule has 0 aliphatic heterocycles. The fraction of sp³-hybridized carbons (Fsp3) is 1.00. The molecule has 0 radical (unpaired) electrons. The van der Waals surface area contributed by atoms with Crippen molar-refractivity contribution in [1.82, 2.24) is 0 Å². The molecule has 0 spiro atoms. The first-order valence-corrected chi connectivity index (χ1v) is 15.6. The highest BCUT2D eigenvalue weighted by Crippen LogP contribution is 2.53. The van der Waals surface area contributed by atoms with E-state index in [2.05, 4.69) is 41.5 Å². The molecule has 4 fully saturated rings. The summed E-state index contributed by atoms with van der Waals surface area (Å²) < 4.78 is 0. The molecule has 0 heterocycles. The van der Waals surface area contributed by atoms with E-state index in [1.165, 1.54) is 51.4 Å². The van der Waals surface area contributed by atoms with Crippen molar-refractivity contribution in [1.29, 1.82) is 0 Å². The minimum Gasteiger partial charge on any atom is -0.0599 e. The highest BCUT2D eigenvalue weighted by molar-refractivity contribution is 4.93. The van der Waals surface area contributed by atoms with Crippen molar-refractivity contribution in [3.8, 4) is 0 Å². The largest absolute Gasteiger partial charge is 0.0599 e. The lowest BCUT2D eigenvalue weighted by Crippen LogP contribution is -2.31. The van der Waals surface area contributed by atoms with Crippen LogP contribution in [0.5, 0.6) is 0 Å². The molecule has 0 bridgehead atoms. The first-order chi connectivity index (χ1) is 15.6. The molecule has 4 aliphatic carbocycles. The van der Waals surface area contributed by atoms with E-state index in [0.29, 0.717) is 10.8 Å². The molecule has 3 unspecified atom stereocenters. The van der Waals surface area contributed by atoms with Gasteiger partial charge in [0, 0.05) is 0 Å². The van der Waals surface area contributed by atoms with Crippen LogP contribution in [0.2, 0.25) is 0 Å². The number of hydrogen-bond acceptors (Lipinski definition) is 0. The quantitative estimate of drug-likeness (QED) is 0.373. The average molecular weight is 457 g/mol. The maximum Gasteiger partial charge on any atom is -0.0352 e. The maximum atomic E-state index is 2.49. The zero-order valence-electron chi connectivity index (χ0n) is 23.6. The zero-order valence-corrected chi connectivity index (χ0v) is 23.6. The van der Waals surface area contributed by atoms with Gasteiger partial charge >= 0.3 is 0 Å². The smallest absolute Gasteiger partial charge is 0.0352 e. The van der Waals surface area contributed by atoms with Gasteiger partial charge in [-0.3, -0.25) is 0 Å². The van der Waals surface area contributed by atoms with Gasteiger partial charge in [0.15, 0.2) is 0 Å². The Morgan fingerprint density at radius 2 is 1.06 bits per heavy atom. The van der Waals surface area contributed by atoms with Crippen LogP contribution in [0.1, 0.15) is 151 Å². The lowest BCUT2D eigenvalue weighted by Gasteiger charge is -2.41. The van der Waals surface area contributed by atoms with E-state index < -0.39 is 0 Å². The van der Waals surface area contributed by atoms with Crippen LogP contribution >= 0.6 is 0 Å². The van der Waals surface area contributed by atoms with Crippen molar-refractivity contribution in [2.24, 2.45) is 58.2 Å². The SMILES string of the molecule is CC(C)(C)C1CCC(CCC2CCC(C3CCC(C(C)(C)C)CC3)C2CC2CCCC2)CC1. The molecule has 4 saturated carbocycles. The van der Waals surface area contributed by atoms with E-state index in [1.54, 1.807) is 57.8 Å². The van der Waals surface area contributed by atoms with Gasteiger partial charge in [-0.2, -0.15) is 0 Å². The predicted molar refractivity (Wildman–Crippen MR) is 145 cm³/mol. The lowest BCUT2D eigenvalue weighted by molar-refractivity contribution is 0.0937. The standard InChI is InChI=1S/C33H60/c1-32(2,3)28-18-12-24(13-19-28)11-14-27-17-22-30(31(27)23-25-9-7-8-10-25)26-15-20-29(21-16-26)33(4,5)6/h24-31H,7-23H2,1-6H3. The second kappa shape index (κ2) is 10.9. The summed E-state index contributed by atoms with van der Waals surface area (Å²) in [6, 6.07) is 0. The van der Waals surface area contributed by atoms with Crippen LogP contribution in [0.4, 0.5) is 0 Å². The Morgan fingerprint density at radius 3 is 1.61 bits per heavy atom. The topological polar surface area (TPSA) is 0 Å². The number of rotatable bonds is 6. The van der Waals surface area contributed by atoms with Gasteiger partial charge in [-0.25, -0.2) is 0 Å². The monoisotopic (exact) mass is 456 g/mol. The summed E-state index contributed by atoms with van der Waals surface area (Å²) >= 11 is 0. The summed E-state index contributed by atoms with van der Waals surface area (Å²) in [6.45, 7) is 14.9. The van der Waals surface area contributed by atoms with Gasteiger partial charge in [0.1, 0.15) is 0 Å². The Bertz CT molecular complexity index is 566. The van der Waals surface area contributed by atoms with E-state index in [9.17, 15) is 0 Å². The molecule has 4 rings (SSSR count). The third-order valence-electron chi connectivity index (χ3n) is 11.7. The van der Waals surface area contributed by atoms with Gasteiger partial charge in [0.2, 0.25) is 0 Å². The summed E-state index contributed by atoms with van der Waals surface area (Å²) in [5.41, 5.74) is 1.06. The summed E-state index contributed by atoms with van der Waals surface area (Å²) in [4.78, 5) is 0. The highest BCUT2D eigenvalue weighted by Gasteiger charge is 2.43. The maximum absolute atomic E-state index is 2.49. The summed E-state index contributed by atoms with van der Waals surface area (Å²) in [5, 5.41) is 0. The van der Waals surface area contributed by atoms with Crippen LogP contribution in [-0.4, -0.2) is 0 Å². The van der Waals surface area contributed by atoms with Crippen LogP contribution in [0, 0.1) is 58.2 Å². The molecular weight excluding hydrogens is 396 g/mol. The molecule has 0 amide bonds. The second-order valence-corrected chi connectivity index (χ2v) is 15.7. The van der Waals surface area contributed by atoms with E-state index in [1.807, 2.05) is 0 Å². The van der Waals surface area contributed by atoms with Crippen LogP contribution in [0.15, 0.2) is 0 Å². The summed E-state index contributed by atoms with van der Waals surface area (Å²) in [6.07, 6.45) is 26.3. The molecular formula is C33H60. The van der Waals surface area contributed by atoms with E-state index in [-0.39, 0.29) is 0 Å². The van der Waals surface area contributed by atoms with Crippen molar-refractivity contribution in [2.75, 3.05) is 0 Å². The predicted octanol–water partition coefficient (Wildman–Crippen LogP) is 10.7. The molecule has 192 valence electrons. The lowest BCUT2D eigenvalue weighted by atomic mass is 9.64. The van der Waals surface area contributed by atoms with Gasteiger partial charge in [0.25, 0.3) is 0 Å². The normalized spacial score (nSPS) is 39.3. The van der Waals surface area contributed by atoms with Crippen LogP contribution < -0.4 is 0 Å². The molecule has 3 atom stereocenters. The van der Waals surface area contributed by atoms with Crippen LogP contribution in [-0.2, 0) is 0 Å².